The van der Waals surface area contributed by atoms with Crippen molar-refractivity contribution in [3.63, 3.8) is 0 Å². The third-order valence-corrected chi connectivity index (χ3v) is 3.20. The fraction of sp³-hybridized carbons (Fsp3) is 0.667. The molecular formula is C12H17N3O5. The van der Waals surface area contributed by atoms with E-state index in [4.69, 9.17) is 24.7 Å². The van der Waals surface area contributed by atoms with Crippen LogP contribution in [0.1, 0.15) is 19.1 Å². The van der Waals surface area contributed by atoms with Crippen molar-refractivity contribution >= 4 is 5.82 Å². The second kappa shape index (κ2) is 5.88. The molecule has 2 fully saturated rings. The minimum atomic E-state index is -0.506. The molecule has 20 heavy (non-hydrogen) atoms. The molecule has 0 bridgehead atoms. The molecule has 1 aromatic heterocycles. The minimum absolute atomic E-state index is 0.179. The lowest BCUT2D eigenvalue weighted by molar-refractivity contribution is -0.176. The van der Waals surface area contributed by atoms with E-state index >= 15 is 0 Å². The number of anilines is 1. The van der Waals surface area contributed by atoms with Crippen molar-refractivity contribution in [1.29, 1.82) is 0 Å². The van der Waals surface area contributed by atoms with Crippen LogP contribution in [0.5, 0.6) is 0 Å². The number of ether oxygens (including phenoxy) is 4. The lowest BCUT2D eigenvalue weighted by Gasteiger charge is -2.15. The Morgan fingerprint density at radius 3 is 3.15 bits per heavy atom. The Labute approximate surface area is 115 Å². The van der Waals surface area contributed by atoms with Crippen LogP contribution in [0.25, 0.3) is 0 Å². The van der Waals surface area contributed by atoms with Gasteiger partial charge in [0.25, 0.3) is 0 Å². The van der Waals surface area contributed by atoms with Crippen LogP contribution in [-0.4, -0.2) is 42.0 Å². The Hall–Kier alpha value is -1.48. The number of hydrogen-bond donors (Lipinski definition) is 1. The normalized spacial score (nSPS) is 29.9. The molecule has 0 aromatic carbocycles. The first kappa shape index (κ1) is 13.5. The summed E-state index contributed by atoms with van der Waals surface area (Å²) in [5.74, 6) is 0.184. The molecule has 3 atom stereocenters. The van der Waals surface area contributed by atoms with Crippen molar-refractivity contribution in [2.75, 3.05) is 25.6 Å². The highest BCUT2D eigenvalue weighted by Gasteiger charge is 2.29. The van der Waals surface area contributed by atoms with Crippen LogP contribution in [0.4, 0.5) is 5.82 Å². The van der Waals surface area contributed by atoms with Gasteiger partial charge in [0.2, 0.25) is 0 Å². The highest BCUT2D eigenvalue weighted by Crippen LogP contribution is 2.21. The second-order valence-corrected chi connectivity index (χ2v) is 4.67. The van der Waals surface area contributed by atoms with Gasteiger partial charge in [-0.2, -0.15) is 4.98 Å². The quantitative estimate of drug-likeness (QED) is 0.820. The van der Waals surface area contributed by atoms with E-state index in [0.717, 1.165) is 19.4 Å². The van der Waals surface area contributed by atoms with Gasteiger partial charge in [-0.1, -0.05) is 0 Å². The summed E-state index contributed by atoms with van der Waals surface area (Å²) in [6.45, 7) is 1.27. The zero-order chi connectivity index (χ0) is 13.9. The van der Waals surface area contributed by atoms with Gasteiger partial charge in [-0.25, -0.2) is 4.79 Å². The predicted molar refractivity (Wildman–Crippen MR) is 67.7 cm³/mol. The molecule has 3 unspecified atom stereocenters. The number of hydrogen-bond acceptors (Lipinski definition) is 7. The highest BCUT2D eigenvalue weighted by atomic mass is 16.8. The Morgan fingerprint density at radius 2 is 2.40 bits per heavy atom. The van der Waals surface area contributed by atoms with Gasteiger partial charge in [-0.3, -0.25) is 4.57 Å². The molecule has 2 N–H and O–H groups in total. The molecule has 3 rings (SSSR count). The van der Waals surface area contributed by atoms with E-state index in [9.17, 15) is 4.79 Å². The van der Waals surface area contributed by atoms with Crippen molar-refractivity contribution < 1.29 is 18.9 Å². The van der Waals surface area contributed by atoms with Gasteiger partial charge in [0.15, 0.2) is 18.8 Å². The van der Waals surface area contributed by atoms with Crippen LogP contribution < -0.4 is 11.4 Å². The van der Waals surface area contributed by atoms with Gasteiger partial charge in [0, 0.05) is 19.2 Å². The Bertz CT molecular complexity index is 514. The fourth-order valence-corrected chi connectivity index (χ4v) is 2.19. The summed E-state index contributed by atoms with van der Waals surface area (Å²) in [7, 11) is 0. The van der Waals surface area contributed by atoms with E-state index in [2.05, 4.69) is 4.98 Å². The van der Waals surface area contributed by atoms with Crippen LogP contribution >= 0.6 is 0 Å². The van der Waals surface area contributed by atoms with Crippen molar-refractivity contribution in [1.82, 2.24) is 9.55 Å². The molecule has 0 amide bonds. The van der Waals surface area contributed by atoms with Crippen LogP contribution in [0, 0.1) is 0 Å². The molecular weight excluding hydrogens is 266 g/mol. The third kappa shape index (κ3) is 2.98. The number of nitrogens with two attached hydrogens (primary N) is 1. The molecule has 0 saturated carbocycles. The van der Waals surface area contributed by atoms with Gasteiger partial charge in [-0.15, -0.1) is 0 Å². The summed E-state index contributed by atoms with van der Waals surface area (Å²) in [4.78, 5) is 15.3. The Morgan fingerprint density at radius 1 is 1.50 bits per heavy atom. The molecule has 2 saturated heterocycles. The third-order valence-electron chi connectivity index (χ3n) is 3.20. The van der Waals surface area contributed by atoms with E-state index in [0.29, 0.717) is 0 Å². The first-order valence-corrected chi connectivity index (χ1v) is 6.57. The molecule has 1 aromatic rings. The average Bonchev–Trinajstić information content (AvgIpc) is 3.07. The largest absolute Gasteiger partial charge is 0.383 e. The van der Waals surface area contributed by atoms with Gasteiger partial charge in [0.05, 0.1) is 6.61 Å². The van der Waals surface area contributed by atoms with E-state index in [1.54, 1.807) is 12.3 Å². The van der Waals surface area contributed by atoms with Crippen molar-refractivity contribution in [2.24, 2.45) is 0 Å². The lowest BCUT2D eigenvalue weighted by atomic mass is 10.4. The average molecular weight is 283 g/mol. The highest BCUT2D eigenvalue weighted by molar-refractivity contribution is 5.23. The molecule has 8 heteroatoms. The molecule has 2 aliphatic heterocycles. The molecule has 0 radical (unpaired) electrons. The van der Waals surface area contributed by atoms with Crippen LogP contribution in [0.3, 0.4) is 0 Å². The number of nitrogen functional groups attached to an aromatic ring is 1. The number of aromatic nitrogens is 2. The first-order valence-electron chi connectivity index (χ1n) is 6.57. The molecule has 2 aliphatic rings. The minimum Gasteiger partial charge on any atom is -0.383 e. The summed E-state index contributed by atoms with van der Waals surface area (Å²) in [6.07, 6.45) is 2.25. The molecule has 110 valence electrons. The zero-order valence-corrected chi connectivity index (χ0v) is 10.9. The first-order chi connectivity index (χ1) is 9.72. The van der Waals surface area contributed by atoms with E-state index in [1.807, 2.05) is 0 Å². The smallest absolute Gasteiger partial charge is 0.351 e. The van der Waals surface area contributed by atoms with Gasteiger partial charge >= 0.3 is 5.69 Å². The van der Waals surface area contributed by atoms with Crippen LogP contribution in [0.15, 0.2) is 17.1 Å². The monoisotopic (exact) mass is 283 g/mol. The maximum atomic E-state index is 11.7. The van der Waals surface area contributed by atoms with E-state index < -0.39 is 18.2 Å². The lowest BCUT2D eigenvalue weighted by Crippen LogP contribution is -2.29. The predicted octanol–water partition coefficient (Wildman–Crippen LogP) is -0.150. The molecule has 0 aliphatic carbocycles. The summed E-state index contributed by atoms with van der Waals surface area (Å²) < 4.78 is 23.3. The summed E-state index contributed by atoms with van der Waals surface area (Å²) >= 11 is 0. The zero-order valence-electron chi connectivity index (χ0n) is 10.9. The Balaban J connectivity index is 1.54. The van der Waals surface area contributed by atoms with Crippen molar-refractivity contribution in [3.05, 3.63) is 22.7 Å². The standard InChI is InChI=1S/C12H17N3O5/c13-8-3-4-15(12(16)14-8)9-6-18-11(20-9)7-19-10-2-1-5-17-10/h3-4,9-11H,1-2,5-7H2,(H2,13,14,16). The van der Waals surface area contributed by atoms with Gasteiger partial charge < -0.3 is 24.7 Å². The van der Waals surface area contributed by atoms with Gasteiger partial charge in [-0.05, 0) is 12.5 Å². The summed E-state index contributed by atoms with van der Waals surface area (Å²) in [5.41, 5.74) is 4.98. The van der Waals surface area contributed by atoms with Crippen LogP contribution in [0.2, 0.25) is 0 Å². The Kier molecular flexibility index (Phi) is 3.97. The number of nitrogens with zero attached hydrogens (tertiary/aromatic N) is 2. The SMILES string of the molecule is Nc1ccn(C2COC(COC3CCCO3)O2)c(=O)n1. The summed E-state index contributed by atoms with van der Waals surface area (Å²) in [6, 6.07) is 1.54. The van der Waals surface area contributed by atoms with E-state index in [-0.39, 0.29) is 25.3 Å². The van der Waals surface area contributed by atoms with E-state index in [1.165, 1.54) is 4.57 Å². The van der Waals surface area contributed by atoms with Crippen molar-refractivity contribution in [3.8, 4) is 0 Å². The molecule has 8 nitrogen and oxygen atoms in total. The van der Waals surface area contributed by atoms with Gasteiger partial charge in [0.1, 0.15) is 12.4 Å². The number of rotatable bonds is 4. The topological polar surface area (TPSA) is 97.8 Å². The molecule has 3 heterocycles. The van der Waals surface area contributed by atoms with Crippen molar-refractivity contribution in [2.45, 2.75) is 31.6 Å². The second-order valence-electron chi connectivity index (χ2n) is 4.67. The fourth-order valence-electron chi connectivity index (χ4n) is 2.19. The van der Waals surface area contributed by atoms with Crippen LogP contribution in [-0.2, 0) is 18.9 Å². The molecule has 0 spiro atoms. The summed E-state index contributed by atoms with van der Waals surface area (Å²) in [5, 5.41) is 0. The maximum Gasteiger partial charge on any atom is 0.351 e. The maximum absolute atomic E-state index is 11.7.